The van der Waals surface area contributed by atoms with Gasteiger partial charge in [-0.15, -0.1) is 0 Å². The van der Waals surface area contributed by atoms with E-state index in [-0.39, 0.29) is 18.7 Å². The number of ether oxygens (including phenoxy) is 2. The first kappa shape index (κ1) is 17.6. The Kier molecular flexibility index (Phi) is 4.12. The number of nitrogens with zero attached hydrogens (tertiary/aromatic N) is 1. The van der Waals surface area contributed by atoms with E-state index in [0.717, 1.165) is 33.8 Å². The third-order valence-electron chi connectivity index (χ3n) is 5.36. The van der Waals surface area contributed by atoms with E-state index in [9.17, 15) is 4.79 Å². The molecular formula is C23H21N3O3. The number of carbonyl (C=O) groups excluding carboxylic acids is 1. The van der Waals surface area contributed by atoms with Crippen LogP contribution in [0.5, 0.6) is 11.5 Å². The molecule has 6 heteroatoms. The second-order valence-corrected chi connectivity index (χ2v) is 7.30. The molecule has 3 heterocycles. The van der Waals surface area contributed by atoms with E-state index in [1.165, 1.54) is 0 Å². The van der Waals surface area contributed by atoms with Crippen molar-refractivity contribution in [3.63, 3.8) is 0 Å². The Morgan fingerprint density at radius 3 is 2.83 bits per heavy atom. The molecule has 0 spiro atoms. The summed E-state index contributed by atoms with van der Waals surface area (Å²) in [5.41, 5.74) is 3.88. The average molecular weight is 387 g/mol. The highest BCUT2D eigenvalue weighted by Crippen LogP contribution is 2.38. The summed E-state index contributed by atoms with van der Waals surface area (Å²) in [6, 6.07) is 15.7. The van der Waals surface area contributed by atoms with E-state index < -0.39 is 0 Å². The molecule has 146 valence electrons. The van der Waals surface area contributed by atoms with E-state index in [2.05, 4.69) is 10.3 Å². The predicted octanol–water partition coefficient (Wildman–Crippen LogP) is 4.64. The second kappa shape index (κ2) is 6.81. The van der Waals surface area contributed by atoms with Crippen LogP contribution in [0.2, 0.25) is 0 Å². The normalized spacial score (nSPS) is 13.7. The van der Waals surface area contributed by atoms with Crippen LogP contribution < -0.4 is 14.8 Å². The first-order valence-electron chi connectivity index (χ1n) is 9.76. The number of para-hydroxylation sites is 1. The number of aromatic nitrogens is 2. The first-order chi connectivity index (χ1) is 14.1. The maximum Gasteiger partial charge on any atom is 0.270 e. The van der Waals surface area contributed by atoms with Crippen molar-refractivity contribution >= 4 is 27.7 Å². The van der Waals surface area contributed by atoms with Crippen LogP contribution in [0.15, 0.2) is 48.5 Å². The summed E-state index contributed by atoms with van der Waals surface area (Å²) in [6.45, 7) is 4.24. The molecule has 0 bridgehead atoms. The van der Waals surface area contributed by atoms with Crippen LogP contribution in [0.3, 0.4) is 0 Å². The van der Waals surface area contributed by atoms with E-state index in [1.807, 2.05) is 62.4 Å². The Morgan fingerprint density at radius 1 is 1.14 bits per heavy atom. The number of nitrogens with one attached hydrogen (secondary N) is 2. The van der Waals surface area contributed by atoms with E-state index in [4.69, 9.17) is 14.5 Å². The highest BCUT2D eigenvalue weighted by Gasteiger charge is 2.20. The number of amides is 1. The highest BCUT2D eigenvalue weighted by molar-refractivity contribution is 6.13. The molecule has 2 aromatic carbocycles. The zero-order valence-electron chi connectivity index (χ0n) is 16.3. The van der Waals surface area contributed by atoms with Crippen LogP contribution in [-0.2, 0) is 0 Å². The van der Waals surface area contributed by atoms with Gasteiger partial charge in [0, 0.05) is 27.9 Å². The molecule has 0 saturated carbocycles. The van der Waals surface area contributed by atoms with Crippen LogP contribution in [0.25, 0.3) is 33.1 Å². The lowest BCUT2D eigenvalue weighted by Crippen LogP contribution is -2.32. The van der Waals surface area contributed by atoms with Gasteiger partial charge in [-0.05, 0) is 43.7 Å². The van der Waals surface area contributed by atoms with Crippen molar-refractivity contribution in [3.05, 3.63) is 54.2 Å². The summed E-state index contributed by atoms with van der Waals surface area (Å²) < 4.78 is 11.0. The van der Waals surface area contributed by atoms with Gasteiger partial charge in [0.05, 0.1) is 11.2 Å². The van der Waals surface area contributed by atoms with Crippen molar-refractivity contribution in [2.75, 3.05) is 6.79 Å². The number of hydrogen-bond acceptors (Lipinski definition) is 4. The summed E-state index contributed by atoms with van der Waals surface area (Å²) in [6.07, 6.45) is 0.857. The molecule has 1 amide bonds. The third kappa shape index (κ3) is 2.97. The van der Waals surface area contributed by atoms with Crippen molar-refractivity contribution < 1.29 is 14.3 Å². The van der Waals surface area contributed by atoms with E-state index >= 15 is 0 Å². The lowest BCUT2D eigenvalue weighted by atomic mass is 10.1. The molecule has 0 radical (unpaired) electrons. The Labute approximate surface area is 167 Å². The molecular weight excluding hydrogens is 366 g/mol. The van der Waals surface area contributed by atoms with Crippen molar-refractivity contribution in [2.24, 2.45) is 0 Å². The van der Waals surface area contributed by atoms with Gasteiger partial charge in [0.2, 0.25) is 6.79 Å². The van der Waals surface area contributed by atoms with Crippen LogP contribution in [-0.4, -0.2) is 28.7 Å². The number of carbonyl (C=O) groups is 1. The summed E-state index contributed by atoms with van der Waals surface area (Å²) in [5, 5.41) is 5.04. The fourth-order valence-electron chi connectivity index (χ4n) is 3.61. The fourth-order valence-corrected chi connectivity index (χ4v) is 3.61. The van der Waals surface area contributed by atoms with E-state index in [1.54, 1.807) is 0 Å². The summed E-state index contributed by atoms with van der Waals surface area (Å²) >= 11 is 0. The van der Waals surface area contributed by atoms with Gasteiger partial charge in [0.25, 0.3) is 5.91 Å². The van der Waals surface area contributed by atoms with Gasteiger partial charge in [-0.2, -0.15) is 0 Å². The monoisotopic (exact) mass is 387 g/mol. The molecule has 0 fully saturated rings. The Bertz CT molecular complexity index is 1250. The minimum Gasteiger partial charge on any atom is -0.454 e. The first-order valence-corrected chi connectivity index (χ1v) is 9.76. The second-order valence-electron chi connectivity index (χ2n) is 7.30. The number of rotatable bonds is 4. The molecule has 2 aromatic heterocycles. The summed E-state index contributed by atoms with van der Waals surface area (Å²) in [7, 11) is 0. The van der Waals surface area contributed by atoms with Crippen molar-refractivity contribution in [2.45, 2.75) is 26.3 Å². The van der Waals surface area contributed by atoms with Crippen molar-refractivity contribution in [1.82, 2.24) is 15.3 Å². The number of fused-ring (bicyclic) bond motifs is 4. The Balaban J connectivity index is 1.73. The minimum atomic E-state index is -0.173. The quantitative estimate of drug-likeness (QED) is 0.535. The fraction of sp³-hybridized carbons (Fsp3) is 0.217. The van der Waals surface area contributed by atoms with Crippen LogP contribution in [0, 0.1) is 0 Å². The Morgan fingerprint density at radius 2 is 1.97 bits per heavy atom. The molecule has 29 heavy (non-hydrogen) atoms. The average Bonchev–Trinajstić information content (AvgIpc) is 3.36. The van der Waals surface area contributed by atoms with E-state index in [0.29, 0.717) is 22.9 Å². The number of aromatic amines is 1. The summed E-state index contributed by atoms with van der Waals surface area (Å²) in [5.74, 6) is 1.23. The number of benzene rings is 2. The molecule has 2 N–H and O–H groups in total. The van der Waals surface area contributed by atoms with Crippen LogP contribution in [0.1, 0.15) is 30.8 Å². The lowest BCUT2D eigenvalue weighted by molar-refractivity contribution is 0.0934. The van der Waals surface area contributed by atoms with Crippen LogP contribution >= 0.6 is 0 Å². The molecule has 0 unspecified atom stereocenters. The number of pyridine rings is 1. The van der Waals surface area contributed by atoms with Crippen LogP contribution in [0.4, 0.5) is 0 Å². The van der Waals surface area contributed by atoms with Gasteiger partial charge in [0.15, 0.2) is 11.5 Å². The van der Waals surface area contributed by atoms with Gasteiger partial charge >= 0.3 is 0 Å². The smallest absolute Gasteiger partial charge is 0.270 e. The van der Waals surface area contributed by atoms with Crippen molar-refractivity contribution in [3.8, 4) is 22.8 Å². The molecule has 1 aliphatic rings. The highest BCUT2D eigenvalue weighted by atomic mass is 16.7. The van der Waals surface area contributed by atoms with Gasteiger partial charge in [-0.25, -0.2) is 4.98 Å². The molecule has 1 atom stereocenters. The number of H-pyrrole nitrogens is 1. The SMILES string of the molecule is CC[C@H](C)NC(=O)c1cc2c([nH]c3ccccc32)c(-c2ccc3c(c2)OCO3)n1. The molecule has 6 nitrogen and oxygen atoms in total. The maximum absolute atomic E-state index is 12.9. The molecule has 0 saturated heterocycles. The largest absolute Gasteiger partial charge is 0.454 e. The molecule has 4 aromatic rings. The van der Waals surface area contributed by atoms with Gasteiger partial charge in [0.1, 0.15) is 5.69 Å². The predicted molar refractivity (Wildman–Crippen MR) is 112 cm³/mol. The molecule has 5 rings (SSSR count). The van der Waals surface area contributed by atoms with Gasteiger partial charge in [-0.3, -0.25) is 4.79 Å². The van der Waals surface area contributed by atoms with Gasteiger partial charge < -0.3 is 19.8 Å². The maximum atomic E-state index is 12.9. The lowest BCUT2D eigenvalue weighted by Gasteiger charge is -2.12. The topological polar surface area (TPSA) is 76.2 Å². The molecule has 0 aliphatic carbocycles. The summed E-state index contributed by atoms with van der Waals surface area (Å²) in [4.78, 5) is 21.1. The molecule has 1 aliphatic heterocycles. The van der Waals surface area contributed by atoms with Gasteiger partial charge in [-0.1, -0.05) is 25.1 Å². The third-order valence-corrected chi connectivity index (χ3v) is 5.36. The minimum absolute atomic E-state index is 0.0805. The number of hydrogen-bond donors (Lipinski definition) is 2. The zero-order valence-corrected chi connectivity index (χ0v) is 16.3. The van der Waals surface area contributed by atoms with Crippen molar-refractivity contribution in [1.29, 1.82) is 0 Å². The zero-order chi connectivity index (χ0) is 20.0. The standard InChI is InChI=1S/C23H21N3O3/c1-3-13(2)24-23(27)18-11-16-15-6-4-5-7-17(15)25-22(16)21(26-18)14-8-9-19-20(10-14)29-12-28-19/h4-11,13,25H,3,12H2,1-2H3,(H,24,27)/t13-/m0/s1. The Hall–Kier alpha value is -3.54.